The van der Waals surface area contributed by atoms with Gasteiger partial charge in [-0.1, -0.05) is 30.3 Å². The molecule has 3 heterocycles. The first kappa shape index (κ1) is 23.5. The van der Waals surface area contributed by atoms with Crippen molar-refractivity contribution in [1.82, 2.24) is 15.2 Å². The summed E-state index contributed by atoms with van der Waals surface area (Å²) < 4.78 is 4.93. The molecule has 2 atom stereocenters. The Hall–Kier alpha value is -3.64. The molecule has 2 aliphatic rings. The highest BCUT2D eigenvalue weighted by atomic mass is 32.2. The number of rotatable bonds is 7. The van der Waals surface area contributed by atoms with Crippen molar-refractivity contribution < 1.29 is 29.0 Å². The van der Waals surface area contributed by atoms with E-state index >= 15 is 0 Å². The highest BCUT2D eigenvalue weighted by molar-refractivity contribution is 8.00. The van der Waals surface area contributed by atoms with Gasteiger partial charge in [0.05, 0.1) is 11.3 Å². The van der Waals surface area contributed by atoms with E-state index in [4.69, 9.17) is 10.5 Å². The van der Waals surface area contributed by atoms with E-state index in [9.17, 15) is 24.3 Å². The van der Waals surface area contributed by atoms with Gasteiger partial charge in [-0.3, -0.25) is 19.3 Å². The molecule has 2 amide bonds. The summed E-state index contributed by atoms with van der Waals surface area (Å²) in [6.07, 6.45) is 1.65. The number of amides is 2. The molecule has 4 rings (SSSR count). The predicted octanol–water partition coefficient (Wildman–Crippen LogP) is 1.57. The third kappa shape index (κ3) is 4.68. The predicted molar refractivity (Wildman–Crippen MR) is 127 cm³/mol. The molecular weight excluding hydrogens is 480 g/mol. The van der Waals surface area contributed by atoms with E-state index in [1.165, 1.54) is 30.0 Å². The van der Waals surface area contributed by atoms with Crippen LogP contribution in [0.2, 0.25) is 0 Å². The lowest BCUT2D eigenvalue weighted by Crippen LogP contribution is -2.70. The van der Waals surface area contributed by atoms with Crippen molar-refractivity contribution in [2.45, 2.75) is 18.3 Å². The van der Waals surface area contributed by atoms with Gasteiger partial charge >= 0.3 is 11.9 Å². The number of carbonyl (C=O) groups excluding carboxylic acids is 3. The number of hydrogen-bond acceptors (Lipinski definition) is 9. The van der Waals surface area contributed by atoms with E-state index in [1.807, 2.05) is 30.3 Å². The molecule has 176 valence electrons. The number of carboxylic acids is 1. The maximum Gasteiger partial charge on any atom is 0.352 e. The molecule has 1 saturated heterocycles. The Bertz CT molecular complexity index is 1220. The van der Waals surface area contributed by atoms with Crippen LogP contribution in [-0.4, -0.2) is 62.5 Å². The fourth-order valence-electron chi connectivity index (χ4n) is 3.59. The standard InChI is InChI=1S/C22H20N4O6S2/c1-11(27)32-8-13-9-33-20-16(19(29)26(20)17(13)21(30)31)25-18(28)14(15-10-34-22(23)24-15)7-12-5-3-2-4-6-12/h2-7,10,16,20H,8-9H2,1H3,(H2,23,24)(H,25,28)(H,30,31)/b14-7-/t16?,20-/m1/s1. The number of nitrogens with one attached hydrogen (secondary N) is 1. The smallest absolute Gasteiger partial charge is 0.352 e. The molecule has 0 radical (unpaired) electrons. The number of benzene rings is 1. The Morgan fingerprint density at radius 3 is 2.68 bits per heavy atom. The molecule has 1 unspecified atom stereocenters. The molecule has 2 aromatic rings. The summed E-state index contributed by atoms with van der Waals surface area (Å²) in [6, 6.07) is 8.24. The number of nitrogen functional groups attached to an aromatic ring is 1. The van der Waals surface area contributed by atoms with E-state index < -0.39 is 35.2 Å². The first-order valence-corrected chi connectivity index (χ1v) is 12.0. The van der Waals surface area contributed by atoms with Crippen molar-refractivity contribution >= 4 is 63.6 Å². The second kappa shape index (κ2) is 9.69. The van der Waals surface area contributed by atoms with E-state index in [1.54, 1.807) is 11.5 Å². The molecule has 1 aromatic carbocycles. The summed E-state index contributed by atoms with van der Waals surface area (Å²) in [4.78, 5) is 54.4. The van der Waals surface area contributed by atoms with Crippen LogP contribution in [0.25, 0.3) is 11.6 Å². The zero-order valence-corrected chi connectivity index (χ0v) is 19.5. The minimum atomic E-state index is -1.30. The lowest BCUT2D eigenvalue weighted by Gasteiger charge is -2.49. The van der Waals surface area contributed by atoms with Crippen molar-refractivity contribution in [2.75, 3.05) is 18.1 Å². The van der Waals surface area contributed by atoms with Crippen molar-refractivity contribution in [2.24, 2.45) is 0 Å². The van der Waals surface area contributed by atoms with Crippen molar-refractivity contribution in [3.8, 4) is 0 Å². The highest BCUT2D eigenvalue weighted by Crippen LogP contribution is 2.40. The quantitative estimate of drug-likeness (QED) is 0.292. The summed E-state index contributed by atoms with van der Waals surface area (Å²) in [7, 11) is 0. The fourth-order valence-corrected chi connectivity index (χ4v) is 5.48. The van der Waals surface area contributed by atoms with Gasteiger partial charge in [-0.15, -0.1) is 23.1 Å². The number of aromatic nitrogens is 1. The van der Waals surface area contributed by atoms with Crippen LogP contribution < -0.4 is 11.1 Å². The van der Waals surface area contributed by atoms with E-state index in [-0.39, 0.29) is 23.6 Å². The van der Waals surface area contributed by atoms with Gasteiger partial charge in [-0.2, -0.15) is 0 Å². The molecule has 4 N–H and O–H groups in total. The number of ether oxygens (including phenoxy) is 1. The number of esters is 1. The largest absolute Gasteiger partial charge is 0.477 e. The second-order valence-electron chi connectivity index (χ2n) is 7.44. The molecular formula is C22H20N4O6S2. The molecule has 0 aliphatic carbocycles. The summed E-state index contributed by atoms with van der Waals surface area (Å²) in [5.74, 6) is -2.69. The molecule has 10 nitrogen and oxygen atoms in total. The van der Waals surface area contributed by atoms with Crippen LogP contribution in [0.3, 0.4) is 0 Å². The van der Waals surface area contributed by atoms with Gasteiger partial charge in [0.1, 0.15) is 23.7 Å². The summed E-state index contributed by atoms with van der Waals surface area (Å²) >= 11 is 2.48. The number of β-lactam (4-membered cyclic amide) rings is 1. The zero-order valence-electron chi connectivity index (χ0n) is 17.9. The topological polar surface area (TPSA) is 152 Å². The van der Waals surface area contributed by atoms with Gasteiger partial charge in [0, 0.05) is 23.6 Å². The van der Waals surface area contributed by atoms with Gasteiger partial charge in [-0.25, -0.2) is 9.78 Å². The Labute approximate surface area is 202 Å². The van der Waals surface area contributed by atoms with Crippen molar-refractivity contribution in [3.63, 3.8) is 0 Å². The Kier molecular flexibility index (Phi) is 6.70. The lowest BCUT2D eigenvalue weighted by molar-refractivity contribution is -0.150. The minimum Gasteiger partial charge on any atom is -0.477 e. The van der Waals surface area contributed by atoms with Gasteiger partial charge in [0.2, 0.25) is 0 Å². The Morgan fingerprint density at radius 1 is 1.32 bits per heavy atom. The second-order valence-corrected chi connectivity index (χ2v) is 9.43. The van der Waals surface area contributed by atoms with Crippen LogP contribution >= 0.6 is 23.1 Å². The van der Waals surface area contributed by atoms with E-state index in [2.05, 4.69) is 10.3 Å². The summed E-state index contributed by atoms with van der Waals surface area (Å²) in [5.41, 5.74) is 7.23. The number of hydrogen-bond donors (Lipinski definition) is 3. The number of fused-ring (bicyclic) bond motifs is 1. The van der Waals surface area contributed by atoms with Gasteiger partial charge in [0.15, 0.2) is 5.13 Å². The molecule has 1 fully saturated rings. The summed E-state index contributed by atoms with van der Waals surface area (Å²) in [6.45, 7) is 1.00. The van der Waals surface area contributed by atoms with Crippen LogP contribution in [-0.2, 0) is 23.9 Å². The minimum absolute atomic E-state index is 0.215. The van der Waals surface area contributed by atoms with Gasteiger partial charge in [-0.05, 0) is 11.6 Å². The molecule has 12 heteroatoms. The third-order valence-corrected chi connectivity index (χ3v) is 7.15. The number of anilines is 1. The normalized spacial score (nSPS) is 19.9. The average molecular weight is 501 g/mol. The van der Waals surface area contributed by atoms with Crippen LogP contribution in [0.4, 0.5) is 5.13 Å². The molecule has 2 aliphatic heterocycles. The first-order chi connectivity index (χ1) is 16.3. The molecule has 0 bridgehead atoms. The molecule has 0 spiro atoms. The SMILES string of the molecule is CC(=O)OCC1=C(C(=O)O)N2C(=O)C(NC(=O)/C(=C\c3ccccc3)c3csc(N)n3)[C@H]2SC1. The molecule has 1 aromatic heterocycles. The van der Waals surface area contributed by atoms with Gasteiger partial charge in [0.25, 0.3) is 11.8 Å². The maximum absolute atomic E-state index is 13.2. The number of carboxylic acid groups (broad SMARTS) is 1. The van der Waals surface area contributed by atoms with Gasteiger partial charge < -0.3 is 20.9 Å². The van der Waals surface area contributed by atoms with Crippen LogP contribution in [0, 0.1) is 0 Å². The molecule has 34 heavy (non-hydrogen) atoms. The number of thioether (sulfide) groups is 1. The fraction of sp³-hybridized carbons (Fsp3) is 0.227. The van der Waals surface area contributed by atoms with Crippen LogP contribution in [0.15, 0.2) is 47.0 Å². The summed E-state index contributed by atoms with van der Waals surface area (Å²) in [5, 5.41) is 13.7. The van der Waals surface area contributed by atoms with Crippen LogP contribution in [0.5, 0.6) is 0 Å². The Morgan fingerprint density at radius 2 is 2.06 bits per heavy atom. The van der Waals surface area contributed by atoms with E-state index in [0.29, 0.717) is 16.4 Å². The number of carbonyl (C=O) groups is 4. The zero-order chi connectivity index (χ0) is 24.4. The van der Waals surface area contributed by atoms with E-state index in [0.717, 1.165) is 10.5 Å². The first-order valence-electron chi connectivity index (χ1n) is 10.1. The van der Waals surface area contributed by atoms with Crippen molar-refractivity contribution in [1.29, 1.82) is 0 Å². The number of thiazole rings is 1. The van der Waals surface area contributed by atoms with Crippen LogP contribution in [0.1, 0.15) is 18.2 Å². The lowest BCUT2D eigenvalue weighted by atomic mass is 10.0. The third-order valence-electron chi connectivity index (χ3n) is 5.14. The maximum atomic E-state index is 13.2. The highest BCUT2D eigenvalue weighted by Gasteiger charge is 2.54. The average Bonchev–Trinajstić information content (AvgIpc) is 3.25. The monoisotopic (exact) mass is 500 g/mol. The van der Waals surface area contributed by atoms with Crippen molar-refractivity contribution in [3.05, 3.63) is 58.2 Å². The number of aliphatic carboxylic acids is 1. The number of nitrogens with two attached hydrogens (primary N) is 1. The molecule has 0 saturated carbocycles. The Balaban J connectivity index is 1.56. The number of nitrogens with zero attached hydrogens (tertiary/aromatic N) is 2.